The molecule has 2 aliphatic rings. The van der Waals surface area contributed by atoms with Crippen LogP contribution in [-0.2, 0) is 6.61 Å². The maximum atomic E-state index is 8.71. The molecule has 0 fully saturated rings. The third kappa shape index (κ3) is 2.28. The maximum absolute atomic E-state index is 8.71. The van der Waals surface area contributed by atoms with Gasteiger partial charge in [-0.05, 0) is 29.2 Å². The average molecular weight is 209 g/mol. The zero-order chi connectivity index (χ0) is 11.4. The molecule has 1 aromatic heterocycles. The number of hydrogen-bond acceptors (Lipinski definition) is 2. The lowest BCUT2D eigenvalue weighted by Crippen LogP contribution is -1.91. The molecule has 2 aliphatic carbocycles. The molecule has 1 aromatic rings. The fourth-order valence-corrected chi connectivity index (χ4v) is 1.37. The van der Waals surface area contributed by atoms with Crippen LogP contribution in [-0.4, -0.2) is 10.1 Å². The molecular formula is C14H11NO. The van der Waals surface area contributed by atoms with Crippen LogP contribution in [0.15, 0.2) is 42.6 Å². The Balaban J connectivity index is 0.000000134. The molecule has 78 valence electrons. The smallest absolute Gasteiger partial charge is 0.118 e. The van der Waals surface area contributed by atoms with Crippen molar-refractivity contribution in [3.05, 3.63) is 53.9 Å². The largest absolute Gasteiger partial charge is 0.392 e. The minimum absolute atomic E-state index is 0.0482. The number of aromatic nitrogens is 1. The van der Waals surface area contributed by atoms with Crippen molar-refractivity contribution < 1.29 is 5.11 Å². The molecule has 2 nitrogen and oxygen atoms in total. The van der Waals surface area contributed by atoms with E-state index in [0.717, 1.165) is 0 Å². The minimum Gasteiger partial charge on any atom is -0.392 e. The Hall–Kier alpha value is -2.11. The van der Waals surface area contributed by atoms with Gasteiger partial charge in [0.05, 0.1) is 6.61 Å². The fraction of sp³-hybridized carbons (Fsp3) is 0.0714. The minimum atomic E-state index is -0.0482. The van der Waals surface area contributed by atoms with Gasteiger partial charge >= 0.3 is 0 Å². The first-order chi connectivity index (χ1) is 7.85. The zero-order valence-corrected chi connectivity index (χ0v) is 8.72. The summed E-state index contributed by atoms with van der Waals surface area (Å²) < 4.78 is 0. The predicted molar refractivity (Wildman–Crippen MR) is 63.5 cm³/mol. The molecule has 0 saturated heterocycles. The number of aliphatic hydroxyl groups is 1. The Bertz CT molecular complexity index is 523. The van der Waals surface area contributed by atoms with Crippen LogP contribution in [0.5, 0.6) is 0 Å². The van der Waals surface area contributed by atoms with E-state index in [0.29, 0.717) is 11.3 Å². The fourth-order valence-electron chi connectivity index (χ4n) is 1.37. The highest BCUT2D eigenvalue weighted by molar-refractivity contribution is 5.80. The summed E-state index contributed by atoms with van der Waals surface area (Å²) in [5.74, 6) is 2.38. The Labute approximate surface area is 94.6 Å². The number of pyridine rings is 1. The van der Waals surface area contributed by atoms with Gasteiger partial charge in [-0.1, -0.05) is 24.3 Å². The molecule has 0 aromatic carbocycles. The van der Waals surface area contributed by atoms with Gasteiger partial charge in [0.25, 0.3) is 0 Å². The Morgan fingerprint density at radius 3 is 2.31 bits per heavy atom. The highest BCUT2D eigenvalue weighted by Gasteiger charge is 2.06. The van der Waals surface area contributed by atoms with Crippen LogP contribution in [0.1, 0.15) is 11.3 Å². The normalized spacial score (nSPS) is 9.75. The molecule has 2 heteroatoms. The second kappa shape index (κ2) is 4.61. The molecule has 1 heterocycles. The molecule has 0 aliphatic heterocycles. The molecule has 1 N–H and O–H groups in total. The van der Waals surface area contributed by atoms with Crippen molar-refractivity contribution in [1.82, 2.24) is 4.98 Å². The Morgan fingerprint density at radius 2 is 1.94 bits per heavy atom. The van der Waals surface area contributed by atoms with E-state index in [1.54, 1.807) is 18.3 Å². The average Bonchev–Trinajstić information content (AvgIpc) is 2.96. The van der Waals surface area contributed by atoms with Crippen LogP contribution >= 0.6 is 0 Å². The Kier molecular flexibility index (Phi) is 3.00. The van der Waals surface area contributed by atoms with Crippen molar-refractivity contribution in [3.8, 4) is 23.5 Å². The van der Waals surface area contributed by atoms with Gasteiger partial charge in [-0.25, -0.2) is 4.98 Å². The molecule has 0 amide bonds. The molecule has 0 radical (unpaired) electrons. The van der Waals surface area contributed by atoms with Crippen LogP contribution in [0.2, 0.25) is 0 Å². The number of fused-ring (bicyclic) bond motifs is 1. The van der Waals surface area contributed by atoms with Gasteiger partial charge in [-0.2, -0.15) is 0 Å². The van der Waals surface area contributed by atoms with Crippen LogP contribution in [0, 0.1) is 12.3 Å². The first-order valence-corrected chi connectivity index (χ1v) is 4.97. The van der Waals surface area contributed by atoms with Gasteiger partial charge in [-0.15, -0.1) is 6.42 Å². The van der Waals surface area contributed by atoms with E-state index in [9.17, 15) is 0 Å². The van der Waals surface area contributed by atoms with Gasteiger partial charge < -0.3 is 5.11 Å². The number of terminal acetylenes is 1. The number of aliphatic hydroxyl groups excluding tert-OH is 1. The lowest BCUT2D eigenvalue weighted by atomic mass is 10.2. The Morgan fingerprint density at radius 1 is 1.19 bits per heavy atom. The third-order valence-corrected chi connectivity index (χ3v) is 2.31. The summed E-state index contributed by atoms with van der Waals surface area (Å²) in [6.07, 6.45) is 6.71. The summed E-state index contributed by atoms with van der Waals surface area (Å²) in [6, 6.07) is 12.0. The lowest BCUT2D eigenvalue weighted by Gasteiger charge is -1.96. The second-order valence-corrected chi connectivity index (χ2v) is 3.39. The summed E-state index contributed by atoms with van der Waals surface area (Å²) in [7, 11) is 0. The van der Waals surface area contributed by atoms with Crippen molar-refractivity contribution >= 4 is 0 Å². The van der Waals surface area contributed by atoms with Gasteiger partial charge in [0.15, 0.2) is 0 Å². The van der Waals surface area contributed by atoms with E-state index in [1.165, 1.54) is 11.1 Å². The SMILES string of the molecule is C#Cc1ncccc1CO.c1cc2cc-2c1. The summed E-state index contributed by atoms with van der Waals surface area (Å²) >= 11 is 0. The van der Waals surface area contributed by atoms with Crippen molar-refractivity contribution in [2.75, 3.05) is 0 Å². The van der Waals surface area contributed by atoms with Gasteiger partial charge in [0.1, 0.15) is 5.69 Å². The van der Waals surface area contributed by atoms with E-state index >= 15 is 0 Å². The number of nitrogens with zero attached hydrogens (tertiary/aromatic N) is 1. The molecule has 0 bridgehead atoms. The summed E-state index contributed by atoms with van der Waals surface area (Å²) in [4.78, 5) is 3.87. The molecule has 0 saturated carbocycles. The van der Waals surface area contributed by atoms with Crippen LogP contribution in [0.3, 0.4) is 0 Å². The van der Waals surface area contributed by atoms with E-state index in [1.807, 2.05) is 0 Å². The second-order valence-electron chi connectivity index (χ2n) is 3.39. The quantitative estimate of drug-likeness (QED) is 0.623. The molecule has 0 spiro atoms. The lowest BCUT2D eigenvalue weighted by molar-refractivity contribution is 0.281. The van der Waals surface area contributed by atoms with Gasteiger partial charge in [0.2, 0.25) is 0 Å². The van der Waals surface area contributed by atoms with Gasteiger partial charge in [0, 0.05) is 11.8 Å². The standard InChI is InChI=1S/C8H7NO.C6H4/c1-2-8-7(6-10)4-3-5-9-8;1-2-5-4-6(5)3-1/h1,3-5,10H,6H2;1-4H. The van der Waals surface area contributed by atoms with Crippen molar-refractivity contribution in [2.24, 2.45) is 0 Å². The van der Waals surface area contributed by atoms with Crippen LogP contribution in [0.4, 0.5) is 0 Å². The highest BCUT2D eigenvalue weighted by atomic mass is 16.3. The maximum Gasteiger partial charge on any atom is 0.118 e. The zero-order valence-electron chi connectivity index (χ0n) is 8.72. The highest BCUT2D eigenvalue weighted by Crippen LogP contribution is 2.32. The van der Waals surface area contributed by atoms with Crippen LogP contribution < -0.4 is 0 Å². The van der Waals surface area contributed by atoms with E-state index in [4.69, 9.17) is 11.5 Å². The van der Waals surface area contributed by atoms with Crippen LogP contribution in [0.25, 0.3) is 11.1 Å². The monoisotopic (exact) mass is 209 g/mol. The first-order valence-electron chi connectivity index (χ1n) is 4.97. The topological polar surface area (TPSA) is 33.1 Å². The van der Waals surface area contributed by atoms with E-state index < -0.39 is 0 Å². The number of benzene rings is 1. The van der Waals surface area contributed by atoms with E-state index in [-0.39, 0.29) is 6.61 Å². The summed E-state index contributed by atoms with van der Waals surface area (Å²) in [5, 5.41) is 8.71. The molecule has 0 unspecified atom stereocenters. The van der Waals surface area contributed by atoms with Crippen molar-refractivity contribution in [1.29, 1.82) is 0 Å². The predicted octanol–water partition coefficient (Wildman–Crippen LogP) is 2.22. The number of rotatable bonds is 1. The molecule has 3 rings (SSSR count). The number of hydrogen-bond donors (Lipinski definition) is 1. The third-order valence-electron chi connectivity index (χ3n) is 2.31. The van der Waals surface area contributed by atoms with E-state index in [2.05, 4.69) is 35.2 Å². The van der Waals surface area contributed by atoms with Crippen molar-refractivity contribution in [2.45, 2.75) is 6.61 Å². The molecule has 0 atom stereocenters. The molecular weight excluding hydrogens is 198 g/mol. The summed E-state index contributed by atoms with van der Waals surface area (Å²) in [6.45, 7) is -0.0482. The summed E-state index contributed by atoms with van der Waals surface area (Å²) in [5.41, 5.74) is 4.07. The van der Waals surface area contributed by atoms with Gasteiger partial charge in [-0.3, -0.25) is 0 Å². The van der Waals surface area contributed by atoms with Crippen molar-refractivity contribution in [3.63, 3.8) is 0 Å². The first kappa shape index (κ1) is 10.4. The molecule has 16 heavy (non-hydrogen) atoms.